The summed E-state index contributed by atoms with van der Waals surface area (Å²) >= 11 is 1.79. The van der Waals surface area contributed by atoms with Gasteiger partial charge in [0.15, 0.2) is 0 Å². The number of nitrogens with one attached hydrogen (secondary N) is 1. The quantitative estimate of drug-likeness (QED) is 0.519. The Kier molecular flexibility index (Phi) is 4.10. The van der Waals surface area contributed by atoms with Gasteiger partial charge in [-0.2, -0.15) is 0 Å². The van der Waals surface area contributed by atoms with E-state index in [1.54, 1.807) is 17.5 Å². The van der Waals surface area contributed by atoms with E-state index in [4.69, 9.17) is 5.84 Å². The fourth-order valence-corrected chi connectivity index (χ4v) is 4.11. The lowest BCUT2D eigenvalue weighted by Crippen LogP contribution is -2.28. The summed E-state index contributed by atoms with van der Waals surface area (Å²) in [6.07, 6.45) is 8.99. The standard InChI is InChI=1S/C15H18FN3S/c16-12-6-11(8-18-9-12)15(19-17)14-7-10-4-2-1-3-5-13(10)20-14/h6-9,15,19H,1-5,17H2. The minimum atomic E-state index is -0.333. The molecular formula is C15H18FN3S. The summed E-state index contributed by atoms with van der Waals surface area (Å²) in [6, 6.07) is 3.53. The molecule has 3 N–H and O–H groups in total. The van der Waals surface area contributed by atoms with Crippen LogP contribution in [-0.4, -0.2) is 4.98 Å². The van der Waals surface area contributed by atoms with Gasteiger partial charge in [-0.3, -0.25) is 10.8 Å². The number of nitrogens with zero attached hydrogens (tertiary/aromatic N) is 1. The van der Waals surface area contributed by atoms with E-state index in [9.17, 15) is 4.39 Å². The van der Waals surface area contributed by atoms with Crippen LogP contribution in [-0.2, 0) is 12.8 Å². The highest BCUT2D eigenvalue weighted by atomic mass is 32.1. The maximum Gasteiger partial charge on any atom is 0.141 e. The van der Waals surface area contributed by atoms with E-state index in [-0.39, 0.29) is 11.9 Å². The van der Waals surface area contributed by atoms with Gasteiger partial charge >= 0.3 is 0 Å². The average Bonchev–Trinajstić information content (AvgIpc) is 2.70. The molecular weight excluding hydrogens is 273 g/mol. The number of fused-ring (bicyclic) bond motifs is 1. The number of aromatic nitrogens is 1. The van der Waals surface area contributed by atoms with Gasteiger partial charge in [-0.25, -0.2) is 9.82 Å². The highest BCUT2D eigenvalue weighted by Crippen LogP contribution is 2.34. The molecule has 0 aromatic carbocycles. The number of aryl methyl sites for hydroxylation is 2. The number of rotatable bonds is 3. The Morgan fingerprint density at radius 2 is 2.05 bits per heavy atom. The molecule has 1 unspecified atom stereocenters. The number of hydrogen-bond donors (Lipinski definition) is 2. The van der Waals surface area contributed by atoms with Gasteiger partial charge in [0.2, 0.25) is 0 Å². The Hall–Kier alpha value is -1.30. The molecule has 1 aliphatic rings. The van der Waals surface area contributed by atoms with Crippen molar-refractivity contribution in [1.82, 2.24) is 10.4 Å². The molecule has 0 radical (unpaired) electrons. The summed E-state index contributed by atoms with van der Waals surface area (Å²) in [6.45, 7) is 0. The molecule has 1 atom stereocenters. The van der Waals surface area contributed by atoms with Gasteiger partial charge in [-0.1, -0.05) is 6.42 Å². The Labute approximate surface area is 122 Å². The van der Waals surface area contributed by atoms with Gasteiger partial charge in [0.1, 0.15) is 5.82 Å². The van der Waals surface area contributed by atoms with Gasteiger partial charge < -0.3 is 0 Å². The molecule has 0 aliphatic heterocycles. The molecule has 106 valence electrons. The van der Waals surface area contributed by atoms with Gasteiger partial charge in [0, 0.05) is 16.0 Å². The SMILES string of the molecule is NNC(c1cncc(F)c1)c1cc2c(s1)CCCCC2. The van der Waals surface area contributed by atoms with E-state index in [1.165, 1.54) is 42.0 Å². The summed E-state index contributed by atoms with van der Waals surface area (Å²) in [4.78, 5) is 6.52. The van der Waals surface area contributed by atoms with Crippen LogP contribution in [0.2, 0.25) is 0 Å². The third-order valence-corrected chi connectivity index (χ3v) is 5.08. The summed E-state index contributed by atoms with van der Waals surface area (Å²) in [5.41, 5.74) is 5.00. The van der Waals surface area contributed by atoms with Crippen molar-refractivity contribution in [2.24, 2.45) is 5.84 Å². The third kappa shape index (κ3) is 2.75. The van der Waals surface area contributed by atoms with Crippen molar-refractivity contribution in [3.8, 4) is 0 Å². The maximum atomic E-state index is 13.3. The molecule has 2 aromatic rings. The van der Waals surface area contributed by atoms with E-state index in [0.29, 0.717) is 0 Å². The first kappa shape index (κ1) is 13.7. The van der Waals surface area contributed by atoms with Crippen LogP contribution in [0.5, 0.6) is 0 Å². The molecule has 0 saturated heterocycles. The first-order chi connectivity index (χ1) is 9.78. The Bertz CT molecular complexity index is 573. The molecule has 2 heterocycles. The normalized spacial score (nSPS) is 16.5. The van der Waals surface area contributed by atoms with Crippen molar-refractivity contribution in [3.05, 3.63) is 51.2 Å². The summed E-state index contributed by atoms with van der Waals surface area (Å²) in [5, 5.41) is 0. The molecule has 2 aromatic heterocycles. The first-order valence-electron chi connectivity index (χ1n) is 6.96. The second-order valence-electron chi connectivity index (χ2n) is 5.19. The van der Waals surface area contributed by atoms with Gasteiger partial charge in [0.25, 0.3) is 0 Å². The number of hydrogen-bond acceptors (Lipinski definition) is 4. The van der Waals surface area contributed by atoms with Gasteiger partial charge in [0.05, 0.1) is 12.2 Å². The van der Waals surface area contributed by atoms with E-state index in [0.717, 1.165) is 23.3 Å². The fourth-order valence-electron chi connectivity index (χ4n) is 2.76. The zero-order chi connectivity index (χ0) is 13.9. The van der Waals surface area contributed by atoms with Crippen LogP contribution < -0.4 is 11.3 Å². The number of pyridine rings is 1. The smallest absolute Gasteiger partial charge is 0.141 e. The predicted molar refractivity (Wildman–Crippen MR) is 78.9 cm³/mol. The Morgan fingerprint density at radius 3 is 2.85 bits per heavy atom. The predicted octanol–water partition coefficient (Wildman–Crippen LogP) is 3.10. The molecule has 0 bridgehead atoms. The van der Waals surface area contributed by atoms with Crippen molar-refractivity contribution in [2.75, 3.05) is 0 Å². The third-order valence-electron chi connectivity index (χ3n) is 3.78. The lowest BCUT2D eigenvalue weighted by Gasteiger charge is -2.14. The topological polar surface area (TPSA) is 50.9 Å². The second kappa shape index (κ2) is 5.99. The lowest BCUT2D eigenvalue weighted by molar-refractivity contribution is 0.601. The molecule has 5 heteroatoms. The fraction of sp³-hybridized carbons (Fsp3) is 0.400. The van der Waals surface area contributed by atoms with Crippen LogP contribution in [0.15, 0.2) is 24.5 Å². The van der Waals surface area contributed by atoms with Crippen molar-refractivity contribution >= 4 is 11.3 Å². The highest BCUT2D eigenvalue weighted by Gasteiger charge is 2.19. The molecule has 20 heavy (non-hydrogen) atoms. The number of hydrazine groups is 1. The molecule has 0 saturated carbocycles. The van der Waals surface area contributed by atoms with Gasteiger partial charge in [-0.05, 0) is 48.9 Å². The van der Waals surface area contributed by atoms with Crippen molar-refractivity contribution in [3.63, 3.8) is 0 Å². The zero-order valence-corrected chi connectivity index (χ0v) is 12.0. The van der Waals surface area contributed by atoms with Crippen LogP contribution in [0.1, 0.15) is 46.2 Å². The second-order valence-corrected chi connectivity index (χ2v) is 6.36. The number of nitrogens with two attached hydrogens (primary N) is 1. The first-order valence-corrected chi connectivity index (χ1v) is 7.77. The largest absolute Gasteiger partial charge is 0.271 e. The Morgan fingerprint density at radius 1 is 1.20 bits per heavy atom. The van der Waals surface area contributed by atoms with E-state index in [2.05, 4.69) is 16.5 Å². The van der Waals surface area contributed by atoms with Gasteiger partial charge in [-0.15, -0.1) is 11.3 Å². The summed E-state index contributed by atoms with van der Waals surface area (Å²) in [7, 11) is 0. The summed E-state index contributed by atoms with van der Waals surface area (Å²) in [5.74, 6) is 5.35. The molecule has 0 fully saturated rings. The van der Waals surface area contributed by atoms with E-state index in [1.807, 2.05) is 0 Å². The van der Waals surface area contributed by atoms with E-state index < -0.39 is 0 Å². The average molecular weight is 291 g/mol. The van der Waals surface area contributed by atoms with Crippen LogP contribution in [0, 0.1) is 5.82 Å². The van der Waals surface area contributed by atoms with Crippen LogP contribution in [0.3, 0.4) is 0 Å². The number of halogens is 1. The van der Waals surface area contributed by atoms with Crippen molar-refractivity contribution < 1.29 is 4.39 Å². The minimum absolute atomic E-state index is 0.185. The highest BCUT2D eigenvalue weighted by molar-refractivity contribution is 7.12. The minimum Gasteiger partial charge on any atom is -0.271 e. The van der Waals surface area contributed by atoms with Crippen LogP contribution in [0.25, 0.3) is 0 Å². The molecule has 0 amide bonds. The molecule has 3 nitrogen and oxygen atoms in total. The molecule has 0 spiro atoms. The molecule has 3 rings (SSSR count). The van der Waals surface area contributed by atoms with E-state index >= 15 is 0 Å². The number of thiophene rings is 1. The Balaban J connectivity index is 1.93. The van der Waals surface area contributed by atoms with Crippen LogP contribution in [0.4, 0.5) is 4.39 Å². The monoisotopic (exact) mass is 291 g/mol. The van der Waals surface area contributed by atoms with Crippen molar-refractivity contribution in [1.29, 1.82) is 0 Å². The molecule has 1 aliphatic carbocycles. The lowest BCUT2D eigenvalue weighted by atomic mass is 10.1. The summed E-state index contributed by atoms with van der Waals surface area (Å²) < 4.78 is 13.3. The zero-order valence-electron chi connectivity index (χ0n) is 11.2. The van der Waals surface area contributed by atoms with Crippen LogP contribution >= 0.6 is 11.3 Å². The maximum absolute atomic E-state index is 13.3. The van der Waals surface area contributed by atoms with Crippen molar-refractivity contribution in [2.45, 2.75) is 38.1 Å².